The maximum absolute atomic E-state index is 12.6. The van der Waals surface area contributed by atoms with Crippen molar-refractivity contribution < 1.29 is 9.21 Å². The first-order chi connectivity index (χ1) is 13.5. The van der Waals surface area contributed by atoms with E-state index in [1.807, 2.05) is 32.0 Å². The number of aryl methyl sites for hydroxylation is 2. The van der Waals surface area contributed by atoms with Crippen LogP contribution in [0.3, 0.4) is 0 Å². The van der Waals surface area contributed by atoms with Gasteiger partial charge in [0.2, 0.25) is 0 Å². The van der Waals surface area contributed by atoms with E-state index in [-0.39, 0.29) is 23.8 Å². The van der Waals surface area contributed by atoms with Crippen LogP contribution in [-0.2, 0) is 6.54 Å². The number of amides is 1. The molecule has 3 aromatic heterocycles. The number of nitrogens with one attached hydrogen (secondary N) is 2. The van der Waals surface area contributed by atoms with Crippen LogP contribution < -0.4 is 10.9 Å². The van der Waals surface area contributed by atoms with Crippen molar-refractivity contribution >= 4 is 16.9 Å². The van der Waals surface area contributed by atoms with Gasteiger partial charge in [0, 0.05) is 35.0 Å². The van der Waals surface area contributed by atoms with Crippen molar-refractivity contribution in [3.05, 3.63) is 81.7 Å². The highest BCUT2D eigenvalue weighted by atomic mass is 16.3. The molecule has 0 aliphatic rings. The van der Waals surface area contributed by atoms with Crippen molar-refractivity contribution in [3.63, 3.8) is 0 Å². The minimum Gasteiger partial charge on any atom is -0.451 e. The second-order valence-corrected chi connectivity index (χ2v) is 6.57. The van der Waals surface area contributed by atoms with Crippen LogP contribution in [0.5, 0.6) is 0 Å². The fourth-order valence-corrected chi connectivity index (χ4v) is 3.04. The smallest absolute Gasteiger partial charge is 0.287 e. The number of benzene rings is 1. The SMILES string of the molecule is Cc1ccc2oc(C(=O)NCc3cc(=O)[nH]c(-c4cccnc4)n3)c(C)c2c1. The molecule has 7 nitrogen and oxygen atoms in total. The van der Waals surface area contributed by atoms with E-state index in [1.165, 1.54) is 6.07 Å². The lowest BCUT2D eigenvalue weighted by Gasteiger charge is -2.06. The van der Waals surface area contributed by atoms with E-state index in [0.29, 0.717) is 22.7 Å². The lowest BCUT2D eigenvalue weighted by Crippen LogP contribution is -2.25. The molecular formula is C21H18N4O3. The van der Waals surface area contributed by atoms with Gasteiger partial charge in [-0.15, -0.1) is 0 Å². The van der Waals surface area contributed by atoms with Crippen LogP contribution in [0.4, 0.5) is 0 Å². The molecule has 0 fully saturated rings. The third kappa shape index (κ3) is 3.42. The molecular weight excluding hydrogens is 356 g/mol. The van der Waals surface area contributed by atoms with Crippen molar-refractivity contribution in [2.75, 3.05) is 0 Å². The molecule has 0 bridgehead atoms. The monoisotopic (exact) mass is 374 g/mol. The van der Waals surface area contributed by atoms with E-state index >= 15 is 0 Å². The van der Waals surface area contributed by atoms with Crippen molar-refractivity contribution in [2.24, 2.45) is 0 Å². The topological polar surface area (TPSA) is 101 Å². The quantitative estimate of drug-likeness (QED) is 0.571. The molecule has 0 saturated carbocycles. The minimum atomic E-state index is -0.351. The van der Waals surface area contributed by atoms with Crippen molar-refractivity contribution in [2.45, 2.75) is 20.4 Å². The second-order valence-electron chi connectivity index (χ2n) is 6.57. The van der Waals surface area contributed by atoms with Gasteiger partial charge in [0.25, 0.3) is 11.5 Å². The Morgan fingerprint density at radius 2 is 2.07 bits per heavy atom. The third-order valence-electron chi connectivity index (χ3n) is 4.46. The molecule has 0 aliphatic carbocycles. The van der Waals surface area contributed by atoms with Crippen molar-refractivity contribution in [1.82, 2.24) is 20.3 Å². The lowest BCUT2D eigenvalue weighted by molar-refractivity contribution is 0.0924. The Kier molecular flexibility index (Phi) is 4.49. The van der Waals surface area contributed by atoms with Gasteiger partial charge in [-0.05, 0) is 38.1 Å². The predicted molar refractivity (Wildman–Crippen MR) is 105 cm³/mol. The Hall–Kier alpha value is -3.74. The van der Waals surface area contributed by atoms with E-state index < -0.39 is 0 Å². The van der Waals surface area contributed by atoms with E-state index in [9.17, 15) is 9.59 Å². The molecule has 0 unspecified atom stereocenters. The number of furan rings is 1. The van der Waals surface area contributed by atoms with Gasteiger partial charge in [-0.3, -0.25) is 14.6 Å². The molecule has 4 aromatic rings. The first-order valence-electron chi connectivity index (χ1n) is 8.80. The number of hydrogen-bond acceptors (Lipinski definition) is 5. The van der Waals surface area contributed by atoms with Gasteiger partial charge in [-0.1, -0.05) is 11.6 Å². The summed E-state index contributed by atoms with van der Waals surface area (Å²) in [5, 5.41) is 3.69. The number of rotatable bonds is 4. The Morgan fingerprint density at radius 1 is 1.21 bits per heavy atom. The third-order valence-corrected chi connectivity index (χ3v) is 4.46. The summed E-state index contributed by atoms with van der Waals surface area (Å²) < 4.78 is 5.71. The van der Waals surface area contributed by atoms with Crippen LogP contribution >= 0.6 is 0 Å². The number of hydrogen-bond donors (Lipinski definition) is 2. The van der Waals surface area contributed by atoms with E-state index in [2.05, 4.69) is 20.3 Å². The molecule has 28 heavy (non-hydrogen) atoms. The number of nitrogens with zero attached hydrogens (tertiary/aromatic N) is 2. The van der Waals surface area contributed by atoms with Crippen molar-refractivity contribution in [1.29, 1.82) is 0 Å². The number of fused-ring (bicyclic) bond motifs is 1. The number of aromatic nitrogens is 3. The molecule has 140 valence electrons. The molecule has 0 atom stereocenters. The number of aromatic amines is 1. The molecule has 1 amide bonds. The van der Waals surface area contributed by atoms with Crippen LogP contribution in [0.25, 0.3) is 22.4 Å². The van der Waals surface area contributed by atoms with Crippen LogP contribution in [0, 0.1) is 13.8 Å². The van der Waals surface area contributed by atoms with Gasteiger partial charge in [-0.25, -0.2) is 4.98 Å². The normalized spacial score (nSPS) is 10.9. The zero-order valence-electron chi connectivity index (χ0n) is 15.4. The van der Waals surface area contributed by atoms with Gasteiger partial charge in [0.15, 0.2) is 5.76 Å². The zero-order chi connectivity index (χ0) is 19.7. The maximum Gasteiger partial charge on any atom is 0.287 e. The Balaban J connectivity index is 1.56. The molecule has 0 saturated heterocycles. The standard InChI is InChI=1S/C21H18N4O3/c1-12-5-6-17-16(8-12)13(2)19(28-17)21(27)23-11-15-9-18(26)25-20(24-15)14-4-3-7-22-10-14/h3-10H,11H2,1-2H3,(H,23,27)(H,24,25,26). The number of H-pyrrole nitrogens is 1. The van der Waals surface area contributed by atoms with Gasteiger partial charge in [-0.2, -0.15) is 0 Å². The van der Waals surface area contributed by atoms with Gasteiger partial charge >= 0.3 is 0 Å². The van der Waals surface area contributed by atoms with Crippen LogP contribution in [0.1, 0.15) is 27.4 Å². The van der Waals surface area contributed by atoms with Gasteiger partial charge < -0.3 is 14.7 Å². The summed E-state index contributed by atoms with van der Waals surface area (Å²) in [4.78, 5) is 35.7. The average molecular weight is 374 g/mol. The Bertz CT molecular complexity index is 1230. The number of carbonyl (C=O) groups excluding carboxylic acids is 1. The summed E-state index contributed by atoms with van der Waals surface area (Å²) in [6.07, 6.45) is 3.25. The molecule has 0 radical (unpaired) electrons. The van der Waals surface area contributed by atoms with Crippen LogP contribution in [-0.4, -0.2) is 20.9 Å². The summed E-state index contributed by atoms with van der Waals surface area (Å²) >= 11 is 0. The van der Waals surface area contributed by atoms with E-state index in [4.69, 9.17) is 4.42 Å². The molecule has 2 N–H and O–H groups in total. The maximum atomic E-state index is 12.6. The molecule has 4 rings (SSSR count). The number of carbonyl (C=O) groups is 1. The minimum absolute atomic E-state index is 0.103. The van der Waals surface area contributed by atoms with Gasteiger partial charge in [0.05, 0.1) is 12.2 Å². The van der Waals surface area contributed by atoms with E-state index in [1.54, 1.807) is 24.5 Å². The molecule has 0 spiro atoms. The first-order valence-corrected chi connectivity index (χ1v) is 8.80. The Labute approximate surface area is 160 Å². The fraction of sp³-hybridized carbons (Fsp3) is 0.143. The highest BCUT2D eigenvalue weighted by molar-refractivity contribution is 5.99. The lowest BCUT2D eigenvalue weighted by atomic mass is 10.1. The average Bonchev–Trinajstić information content (AvgIpc) is 3.02. The van der Waals surface area contributed by atoms with Crippen LogP contribution in [0.15, 0.2) is 58.0 Å². The van der Waals surface area contributed by atoms with Crippen molar-refractivity contribution in [3.8, 4) is 11.4 Å². The summed E-state index contributed by atoms with van der Waals surface area (Å²) in [5.41, 5.74) is 3.39. The highest BCUT2D eigenvalue weighted by Gasteiger charge is 2.18. The summed E-state index contributed by atoms with van der Waals surface area (Å²) in [6, 6.07) is 10.7. The summed E-state index contributed by atoms with van der Waals surface area (Å²) in [5.74, 6) is 0.314. The molecule has 3 heterocycles. The number of pyridine rings is 1. The predicted octanol–water partition coefficient (Wildman–Crippen LogP) is 3.12. The first kappa shape index (κ1) is 17.7. The fourth-order valence-electron chi connectivity index (χ4n) is 3.04. The molecule has 1 aromatic carbocycles. The molecule has 0 aliphatic heterocycles. The largest absolute Gasteiger partial charge is 0.451 e. The Morgan fingerprint density at radius 3 is 2.86 bits per heavy atom. The molecule has 7 heteroatoms. The highest BCUT2D eigenvalue weighted by Crippen LogP contribution is 2.26. The van der Waals surface area contributed by atoms with Gasteiger partial charge in [0.1, 0.15) is 11.4 Å². The summed E-state index contributed by atoms with van der Waals surface area (Å²) in [7, 11) is 0. The zero-order valence-corrected chi connectivity index (χ0v) is 15.4. The van der Waals surface area contributed by atoms with Crippen LogP contribution in [0.2, 0.25) is 0 Å². The van der Waals surface area contributed by atoms with E-state index in [0.717, 1.165) is 16.5 Å². The summed E-state index contributed by atoms with van der Waals surface area (Å²) in [6.45, 7) is 3.95. The second kappa shape index (κ2) is 7.11.